The van der Waals surface area contributed by atoms with Crippen molar-refractivity contribution in [3.05, 3.63) is 0 Å². The van der Waals surface area contributed by atoms with Crippen molar-refractivity contribution in [1.82, 2.24) is 10.2 Å². The van der Waals surface area contributed by atoms with E-state index in [0.29, 0.717) is 12.0 Å². The lowest BCUT2D eigenvalue weighted by molar-refractivity contribution is -0.121. The maximum Gasteiger partial charge on any atom is 0.318 e. The van der Waals surface area contributed by atoms with Gasteiger partial charge in [0.2, 0.25) is 5.91 Å². The van der Waals surface area contributed by atoms with Gasteiger partial charge in [0.1, 0.15) is 0 Å². The van der Waals surface area contributed by atoms with Gasteiger partial charge in [-0.3, -0.25) is 15.0 Å². The average Bonchev–Trinajstić information content (AvgIpc) is 2.81. The number of nitrogens with one attached hydrogen (secondary N) is 1. The van der Waals surface area contributed by atoms with Gasteiger partial charge in [-0.2, -0.15) is 0 Å². The zero-order chi connectivity index (χ0) is 11.4. The molecule has 0 bridgehead atoms. The Balaban J connectivity index is 2.36. The summed E-state index contributed by atoms with van der Waals surface area (Å²) in [6, 6.07) is -0.258. The van der Waals surface area contributed by atoms with E-state index in [1.165, 1.54) is 0 Å². The Labute approximate surface area is 90.0 Å². The van der Waals surface area contributed by atoms with Crippen LogP contribution in [0.3, 0.4) is 0 Å². The molecule has 0 spiro atoms. The summed E-state index contributed by atoms with van der Waals surface area (Å²) in [7, 11) is 0. The smallest absolute Gasteiger partial charge is 0.318 e. The van der Waals surface area contributed by atoms with Crippen molar-refractivity contribution in [2.75, 3.05) is 13.1 Å². The van der Waals surface area contributed by atoms with Crippen LogP contribution in [0.2, 0.25) is 0 Å². The molecular formula is C10H19N3O2. The van der Waals surface area contributed by atoms with E-state index in [1.54, 1.807) is 0 Å². The van der Waals surface area contributed by atoms with Crippen LogP contribution in [0.5, 0.6) is 0 Å². The second-order valence-electron chi connectivity index (χ2n) is 4.47. The third-order valence-corrected chi connectivity index (χ3v) is 2.27. The summed E-state index contributed by atoms with van der Waals surface area (Å²) in [5.41, 5.74) is 4.87. The minimum Gasteiger partial charge on any atom is -0.351 e. The summed E-state index contributed by atoms with van der Waals surface area (Å²) in [6.45, 7) is 5.38. The SMILES string of the molecule is CC(C)CN(CC(=O)NC(N)=O)C1CC1. The summed E-state index contributed by atoms with van der Waals surface area (Å²) < 4.78 is 0. The third-order valence-electron chi connectivity index (χ3n) is 2.27. The number of carbonyl (C=O) groups is 2. The van der Waals surface area contributed by atoms with Gasteiger partial charge in [0, 0.05) is 12.6 Å². The Bertz CT molecular complexity index is 249. The van der Waals surface area contributed by atoms with Crippen molar-refractivity contribution in [3.8, 4) is 0 Å². The fourth-order valence-electron chi connectivity index (χ4n) is 1.61. The van der Waals surface area contributed by atoms with Crippen LogP contribution in [0.15, 0.2) is 0 Å². The number of primary amides is 1. The molecule has 1 fully saturated rings. The molecule has 0 heterocycles. The van der Waals surface area contributed by atoms with Crippen molar-refractivity contribution in [3.63, 3.8) is 0 Å². The second-order valence-corrected chi connectivity index (χ2v) is 4.47. The largest absolute Gasteiger partial charge is 0.351 e. The highest BCUT2D eigenvalue weighted by molar-refractivity contribution is 5.94. The van der Waals surface area contributed by atoms with Gasteiger partial charge in [0.05, 0.1) is 6.54 Å². The van der Waals surface area contributed by atoms with E-state index in [-0.39, 0.29) is 12.5 Å². The first-order chi connectivity index (χ1) is 6.99. The number of amides is 3. The molecule has 3 N–H and O–H groups in total. The summed E-state index contributed by atoms with van der Waals surface area (Å²) in [5, 5.41) is 2.09. The predicted molar refractivity (Wildman–Crippen MR) is 57.2 cm³/mol. The molecule has 1 saturated carbocycles. The van der Waals surface area contributed by atoms with Crippen molar-refractivity contribution < 1.29 is 9.59 Å². The van der Waals surface area contributed by atoms with Gasteiger partial charge in [0.25, 0.3) is 0 Å². The molecule has 15 heavy (non-hydrogen) atoms. The molecule has 0 aromatic heterocycles. The molecular weight excluding hydrogens is 194 g/mol. The molecule has 1 aliphatic rings. The van der Waals surface area contributed by atoms with Crippen LogP contribution in [-0.4, -0.2) is 36.0 Å². The monoisotopic (exact) mass is 213 g/mol. The van der Waals surface area contributed by atoms with E-state index < -0.39 is 6.03 Å². The summed E-state index contributed by atoms with van der Waals surface area (Å²) in [5.74, 6) is 0.210. The topological polar surface area (TPSA) is 75.4 Å². The molecule has 5 heteroatoms. The number of nitrogens with two attached hydrogens (primary N) is 1. The lowest BCUT2D eigenvalue weighted by atomic mass is 10.2. The fourth-order valence-corrected chi connectivity index (χ4v) is 1.61. The zero-order valence-electron chi connectivity index (χ0n) is 9.32. The highest BCUT2D eigenvalue weighted by Gasteiger charge is 2.30. The number of nitrogens with zero attached hydrogens (tertiary/aromatic N) is 1. The molecule has 5 nitrogen and oxygen atoms in total. The minimum absolute atomic E-state index is 0.270. The molecule has 0 aromatic carbocycles. The van der Waals surface area contributed by atoms with E-state index >= 15 is 0 Å². The number of rotatable bonds is 5. The predicted octanol–water partition coefficient (Wildman–Crippen LogP) is 0.302. The Morgan fingerprint density at radius 1 is 1.47 bits per heavy atom. The van der Waals surface area contributed by atoms with Crippen LogP contribution in [-0.2, 0) is 4.79 Å². The Morgan fingerprint density at radius 2 is 2.07 bits per heavy atom. The van der Waals surface area contributed by atoms with Crippen molar-refractivity contribution >= 4 is 11.9 Å². The molecule has 0 aromatic rings. The first-order valence-electron chi connectivity index (χ1n) is 5.32. The second kappa shape index (κ2) is 5.11. The summed E-state index contributed by atoms with van der Waals surface area (Å²) in [6.07, 6.45) is 2.30. The standard InChI is InChI=1S/C10H19N3O2/c1-7(2)5-13(8-3-4-8)6-9(14)12-10(11)15/h7-8H,3-6H2,1-2H3,(H3,11,12,14,15). The lowest BCUT2D eigenvalue weighted by Crippen LogP contribution is -2.44. The van der Waals surface area contributed by atoms with Gasteiger partial charge in [-0.1, -0.05) is 13.8 Å². The fraction of sp³-hybridized carbons (Fsp3) is 0.800. The van der Waals surface area contributed by atoms with Crippen LogP contribution in [0.25, 0.3) is 0 Å². The molecule has 0 atom stereocenters. The van der Waals surface area contributed by atoms with Crippen molar-refractivity contribution in [2.24, 2.45) is 11.7 Å². The third kappa shape index (κ3) is 4.78. The quantitative estimate of drug-likeness (QED) is 0.689. The van der Waals surface area contributed by atoms with Gasteiger partial charge < -0.3 is 5.73 Å². The maximum absolute atomic E-state index is 11.3. The van der Waals surface area contributed by atoms with E-state index in [9.17, 15) is 9.59 Å². The van der Waals surface area contributed by atoms with E-state index in [1.807, 2.05) is 0 Å². The lowest BCUT2D eigenvalue weighted by Gasteiger charge is -2.22. The van der Waals surface area contributed by atoms with Gasteiger partial charge >= 0.3 is 6.03 Å². The number of hydrogen-bond acceptors (Lipinski definition) is 3. The van der Waals surface area contributed by atoms with Gasteiger partial charge in [-0.15, -0.1) is 0 Å². The summed E-state index contributed by atoms with van der Waals surface area (Å²) >= 11 is 0. The van der Waals surface area contributed by atoms with Gasteiger partial charge in [-0.05, 0) is 18.8 Å². The molecule has 3 amide bonds. The molecule has 1 aliphatic carbocycles. The molecule has 1 rings (SSSR count). The van der Waals surface area contributed by atoms with Crippen LogP contribution >= 0.6 is 0 Å². The highest BCUT2D eigenvalue weighted by Crippen LogP contribution is 2.27. The molecule has 86 valence electrons. The van der Waals surface area contributed by atoms with Crippen molar-refractivity contribution in [1.29, 1.82) is 0 Å². The Hall–Kier alpha value is -1.10. The first-order valence-corrected chi connectivity index (χ1v) is 5.32. The van der Waals surface area contributed by atoms with Crippen LogP contribution in [0, 0.1) is 5.92 Å². The Kier molecular flexibility index (Phi) is 4.08. The van der Waals surface area contributed by atoms with E-state index in [2.05, 4.69) is 24.1 Å². The normalized spacial score (nSPS) is 15.7. The summed E-state index contributed by atoms with van der Waals surface area (Å²) in [4.78, 5) is 23.9. The van der Waals surface area contributed by atoms with Crippen molar-refractivity contribution in [2.45, 2.75) is 32.7 Å². The number of hydrogen-bond donors (Lipinski definition) is 2. The molecule has 0 aliphatic heterocycles. The minimum atomic E-state index is -0.778. The van der Waals surface area contributed by atoms with Gasteiger partial charge in [0.15, 0.2) is 0 Å². The zero-order valence-corrected chi connectivity index (χ0v) is 9.32. The number of carbonyl (C=O) groups excluding carboxylic acids is 2. The van der Waals surface area contributed by atoms with Crippen LogP contribution in [0.4, 0.5) is 4.79 Å². The molecule has 0 radical (unpaired) electrons. The highest BCUT2D eigenvalue weighted by atomic mass is 16.2. The number of imide groups is 1. The van der Waals surface area contributed by atoms with Crippen LogP contribution < -0.4 is 11.1 Å². The van der Waals surface area contributed by atoms with E-state index in [4.69, 9.17) is 5.73 Å². The van der Waals surface area contributed by atoms with E-state index in [0.717, 1.165) is 19.4 Å². The maximum atomic E-state index is 11.3. The molecule has 0 unspecified atom stereocenters. The van der Waals surface area contributed by atoms with Crippen LogP contribution in [0.1, 0.15) is 26.7 Å². The first kappa shape index (κ1) is 12.0. The Morgan fingerprint density at radius 3 is 2.47 bits per heavy atom. The molecule has 0 saturated heterocycles. The average molecular weight is 213 g/mol. The van der Waals surface area contributed by atoms with Gasteiger partial charge in [-0.25, -0.2) is 4.79 Å². The number of urea groups is 1.